The first-order valence-corrected chi connectivity index (χ1v) is 15.1. The normalized spacial score (nSPS) is 11.8. The van der Waals surface area contributed by atoms with Crippen LogP contribution in [-0.2, 0) is 0 Å². The molecule has 0 saturated carbocycles. The Morgan fingerprint density at radius 2 is 0.952 bits per heavy atom. The molecule has 196 valence electrons. The lowest BCUT2D eigenvalue weighted by molar-refractivity contribution is 0.598. The number of fused-ring (bicyclic) bond motifs is 9. The molecule has 42 heavy (non-hydrogen) atoms. The van der Waals surface area contributed by atoms with Gasteiger partial charge in [0.2, 0.25) is 0 Å². The molecule has 0 radical (unpaired) electrons. The summed E-state index contributed by atoms with van der Waals surface area (Å²) in [6, 6.07) is 52.4. The third-order valence-corrected chi connectivity index (χ3v) is 9.64. The van der Waals surface area contributed by atoms with Gasteiger partial charge in [0.25, 0.3) is 0 Å². The van der Waals surface area contributed by atoms with E-state index >= 15 is 0 Å². The van der Waals surface area contributed by atoms with Crippen LogP contribution in [0.1, 0.15) is 0 Å². The fourth-order valence-electron chi connectivity index (χ4n) is 6.54. The molecule has 0 aliphatic rings. The van der Waals surface area contributed by atoms with Crippen molar-refractivity contribution in [1.82, 2.24) is 0 Å². The van der Waals surface area contributed by atoms with Crippen LogP contribution in [0.2, 0.25) is 0 Å². The zero-order valence-corrected chi connectivity index (χ0v) is 23.5. The van der Waals surface area contributed by atoms with E-state index in [4.69, 9.17) is 4.42 Å². The lowest BCUT2D eigenvalue weighted by Crippen LogP contribution is -1.86. The second-order valence-electron chi connectivity index (χ2n) is 10.9. The Hall–Kier alpha value is -5.18. The number of benzene rings is 7. The van der Waals surface area contributed by atoms with Crippen LogP contribution < -0.4 is 0 Å². The summed E-state index contributed by atoms with van der Waals surface area (Å²) in [5, 5.41) is 10.1. The van der Waals surface area contributed by atoms with Gasteiger partial charge in [0.1, 0.15) is 11.5 Å². The van der Waals surface area contributed by atoms with Crippen molar-refractivity contribution in [2.75, 3.05) is 0 Å². The maximum absolute atomic E-state index is 6.61. The second kappa shape index (κ2) is 9.17. The summed E-state index contributed by atoms with van der Waals surface area (Å²) >= 11 is 1.83. The molecule has 0 amide bonds. The minimum absolute atomic E-state index is 0.880. The Morgan fingerprint density at radius 3 is 1.79 bits per heavy atom. The van der Waals surface area contributed by atoms with Gasteiger partial charge in [-0.1, -0.05) is 109 Å². The van der Waals surface area contributed by atoms with Crippen molar-refractivity contribution in [2.45, 2.75) is 0 Å². The van der Waals surface area contributed by atoms with Crippen molar-refractivity contribution in [3.63, 3.8) is 0 Å². The minimum Gasteiger partial charge on any atom is -0.456 e. The average Bonchev–Trinajstić information content (AvgIpc) is 3.70. The summed E-state index contributed by atoms with van der Waals surface area (Å²) in [5.74, 6) is 1.78. The zero-order valence-electron chi connectivity index (χ0n) is 22.7. The molecule has 0 unspecified atom stereocenters. The first-order chi connectivity index (χ1) is 20.8. The van der Waals surface area contributed by atoms with Crippen molar-refractivity contribution in [1.29, 1.82) is 0 Å². The van der Waals surface area contributed by atoms with E-state index in [2.05, 4.69) is 146 Å². The Labute approximate surface area is 246 Å². The molecule has 2 heterocycles. The van der Waals surface area contributed by atoms with Crippen molar-refractivity contribution in [3.05, 3.63) is 146 Å². The topological polar surface area (TPSA) is 13.1 Å². The van der Waals surface area contributed by atoms with Crippen molar-refractivity contribution >= 4 is 63.8 Å². The highest BCUT2D eigenvalue weighted by atomic mass is 32.1. The molecule has 2 aromatic heterocycles. The van der Waals surface area contributed by atoms with Crippen LogP contribution in [0.4, 0.5) is 0 Å². The molecule has 9 rings (SSSR count). The van der Waals surface area contributed by atoms with Crippen molar-refractivity contribution in [3.8, 4) is 33.8 Å². The van der Waals surface area contributed by atoms with Crippen LogP contribution in [0.3, 0.4) is 0 Å². The molecular formula is C40H24OS. The number of furan rings is 1. The molecule has 2 heteroatoms. The van der Waals surface area contributed by atoms with E-state index in [1.807, 2.05) is 11.3 Å². The molecule has 0 spiro atoms. The quantitative estimate of drug-likeness (QED) is 0.199. The Bertz CT molecular complexity index is 2460. The van der Waals surface area contributed by atoms with Crippen LogP contribution in [-0.4, -0.2) is 0 Å². The Balaban J connectivity index is 1.23. The van der Waals surface area contributed by atoms with Crippen LogP contribution in [0.25, 0.3) is 86.3 Å². The second-order valence-corrected chi connectivity index (χ2v) is 12.0. The SMILES string of the molecule is c1ccc(-c2ccc3c(c2)c2ccccc2c2ccc(-c4ccc(-c5cccc6sc7ccccc7c56)o4)cc23)cc1. The third-order valence-electron chi connectivity index (χ3n) is 8.50. The van der Waals surface area contributed by atoms with E-state index in [0.29, 0.717) is 0 Å². The Morgan fingerprint density at radius 1 is 0.357 bits per heavy atom. The summed E-state index contributed by atoms with van der Waals surface area (Å²) in [7, 11) is 0. The summed E-state index contributed by atoms with van der Waals surface area (Å²) in [6.45, 7) is 0. The van der Waals surface area contributed by atoms with Gasteiger partial charge in [-0.25, -0.2) is 0 Å². The van der Waals surface area contributed by atoms with Gasteiger partial charge in [-0.05, 0) is 79.8 Å². The van der Waals surface area contributed by atoms with Crippen molar-refractivity contribution < 1.29 is 4.42 Å². The van der Waals surface area contributed by atoms with Gasteiger partial charge in [-0.2, -0.15) is 0 Å². The summed E-state index contributed by atoms with van der Waals surface area (Å²) in [5.41, 5.74) is 4.69. The smallest absolute Gasteiger partial charge is 0.135 e. The van der Waals surface area contributed by atoms with Gasteiger partial charge in [-0.15, -0.1) is 11.3 Å². The molecule has 0 aliphatic carbocycles. The third kappa shape index (κ3) is 3.56. The monoisotopic (exact) mass is 552 g/mol. The van der Waals surface area contributed by atoms with Crippen molar-refractivity contribution in [2.24, 2.45) is 0 Å². The highest BCUT2D eigenvalue weighted by molar-refractivity contribution is 7.25. The molecule has 0 saturated heterocycles. The van der Waals surface area contributed by atoms with E-state index < -0.39 is 0 Å². The van der Waals surface area contributed by atoms with E-state index in [9.17, 15) is 0 Å². The van der Waals surface area contributed by atoms with E-state index in [1.165, 1.54) is 63.6 Å². The van der Waals surface area contributed by atoms with Crippen LogP contribution in [0.15, 0.2) is 150 Å². The number of rotatable bonds is 3. The van der Waals surface area contributed by atoms with Gasteiger partial charge in [0.05, 0.1) is 0 Å². The van der Waals surface area contributed by atoms with Gasteiger partial charge >= 0.3 is 0 Å². The van der Waals surface area contributed by atoms with E-state index in [-0.39, 0.29) is 0 Å². The fraction of sp³-hybridized carbons (Fsp3) is 0. The predicted molar refractivity (Wildman–Crippen MR) is 180 cm³/mol. The van der Waals surface area contributed by atoms with E-state index in [1.54, 1.807) is 0 Å². The molecule has 7 aromatic carbocycles. The fourth-order valence-corrected chi connectivity index (χ4v) is 7.67. The molecule has 0 fully saturated rings. The Kier molecular flexibility index (Phi) is 5.13. The number of thiophene rings is 1. The molecule has 1 nitrogen and oxygen atoms in total. The lowest BCUT2D eigenvalue weighted by atomic mass is 9.91. The molecule has 0 atom stereocenters. The van der Waals surface area contributed by atoms with Crippen LogP contribution >= 0.6 is 11.3 Å². The maximum atomic E-state index is 6.61. The summed E-state index contributed by atoms with van der Waals surface area (Å²) < 4.78 is 9.20. The van der Waals surface area contributed by atoms with Crippen LogP contribution in [0.5, 0.6) is 0 Å². The summed E-state index contributed by atoms with van der Waals surface area (Å²) in [6.07, 6.45) is 0. The standard InChI is InChI=1S/C40H24OS/c1-2-9-25(10-3-1)26-17-19-31-34(23-26)29-12-5-4-11-28(29)30-20-18-27(24-35(30)31)36-21-22-37(41-36)32-14-8-16-39-40(32)33-13-6-7-15-38(33)42-39/h1-24H. The molecule has 0 bridgehead atoms. The number of hydrogen-bond donors (Lipinski definition) is 0. The van der Waals surface area contributed by atoms with Crippen LogP contribution in [0, 0.1) is 0 Å². The maximum Gasteiger partial charge on any atom is 0.135 e. The molecule has 0 N–H and O–H groups in total. The first kappa shape index (κ1) is 23.5. The summed E-state index contributed by atoms with van der Waals surface area (Å²) in [4.78, 5) is 0. The largest absolute Gasteiger partial charge is 0.456 e. The van der Waals surface area contributed by atoms with Gasteiger partial charge in [0, 0.05) is 31.3 Å². The van der Waals surface area contributed by atoms with Gasteiger partial charge in [0.15, 0.2) is 0 Å². The molecule has 0 aliphatic heterocycles. The van der Waals surface area contributed by atoms with Gasteiger partial charge < -0.3 is 4.42 Å². The molecular weight excluding hydrogens is 529 g/mol. The predicted octanol–water partition coefficient (Wildman–Crippen LogP) is 12.1. The lowest BCUT2D eigenvalue weighted by Gasteiger charge is -2.13. The molecule has 9 aromatic rings. The number of hydrogen-bond acceptors (Lipinski definition) is 2. The zero-order chi connectivity index (χ0) is 27.6. The minimum atomic E-state index is 0.880. The average molecular weight is 553 g/mol. The highest BCUT2D eigenvalue weighted by Gasteiger charge is 2.16. The van der Waals surface area contributed by atoms with E-state index in [0.717, 1.165) is 22.6 Å². The first-order valence-electron chi connectivity index (χ1n) is 14.3. The highest BCUT2D eigenvalue weighted by Crippen LogP contribution is 2.42. The van der Waals surface area contributed by atoms with Gasteiger partial charge in [-0.3, -0.25) is 0 Å².